The molecule has 5 atom stereocenters. The van der Waals surface area contributed by atoms with Crippen LogP contribution in [0.15, 0.2) is 18.2 Å². The fraction of sp³-hybridized carbons (Fsp3) is 0.704. The molecule has 4 nitrogen and oxygen atoms in total. The summed E-state index contributed by atoms with van der Waals surface area (Å²) in [7, 11) is 0. The van der Waals surface area contributed by atoms with E-state index in [0.29, 0.717) is 43.0 Å². The van der Waals surface area contributed by atoms with E-state index in [4.69, 9.17) is 4.74 Å². The van der Waals surface area contributed by atoms with Gasteiger partial charge >= 0.3 is 11.9 Å². The van der Waals surface area contributed by atoms with E-state index in [9.17, 15) is 18.4 Å². The highest BCUT2D eigenvalue weighted by Gasteiger charge is 2.54. The molecular weight excluding hydrogens is 553 g/mol. The summed E-state index contributed by atoms with van der Waals surface area (Å²) in [5.74, 6) is -1.90. The van der Waals surface area contributed by atoms with Gasteiger partial charge in [-0.3, -0.25) is 4.79 Å². The van der Waals surface area contributed by atoms with Gasteiger partial charge in [0, 0.05) is 22.2 Å². The molecule has 3 aliphatic rings. The van der Waals surface area contributed by atoms with Gasteiger partial charge in [-0.15, -0.1) is 0 Å². The van der Waals surface area contributed by atoms with Crippen LogP contribution in [0.4, 0.5) is 8.78 Å². The highest BCUT2D eigenvalue weighted by atomic mass is 127. The molecule has 0 heterocycles. The SMILES string of the molecule is CCOC(=O)C(F)(F)CC(I)CCCOc1ccc2c(c1)CC[C@@H]1[C@@H]2CC[C@]2(C)C(=O)CC[C@@H]12. The van der Waals surface area contributed by atoms with Gasteiger partial charge in [0.1, 0.15) is 11.5 Å². The first-order valence-electron chi connectivity index (χ1n) is 12.6. The monoisotopic (exact) mass is 588 g/mol. The van der Waals surface area contributed by atoms with Gasteiger partial charge in [-0.2, -0.15) is 8.78 Å². The fourth-order valence-electron chi connectivity index (χ4n) is 6.61. The number of esters is 1. The highest BCUT2D eigenvalue weighted by molar-refractivity contribution is 14.1. The first kappa shape index (κ1) is 25.8. The number of benzene rings is 1. The van der Waals surface area contributed by atoms with Gasteiger partial charge in [0.05, 0.1) is 13.2 Å². The van der Waals surface area contributed by atoms with E-state index in [2.05, 4.69) is 23.8 Å². The maximum atomic E-state index is 13.9. The van der Waals surface area contributed by atoms with Gasteiger partial charge in [0.2, 0.25) is 0 Å². The van der Waals surface area contributed by atoms with Crippen LogP contribution in [0.1, 0.15) is 82.3 Å². The number of Topliss-reactive ketones (excluding diaryl/α,β-unsaturated/α-hetero) is 1. The van der Waals surface area contributed by atoms with Crippen LogP contribution in [0.25, 0.3) is 0 Å². The molecule has 1 aromatic rings. The van der Waals surface area contributed by atoms with Crippen LogP contribution >= 0.6 is 22.6 Å². The Bertz CT molecular complexity index is 920. The molecule has 0 spiro atoms. The van der Waals surface area contributed by atoms with Crippen LogP contribution in [0, 0.1) is 17.3 Å². The largest absolute Gasteiger partial charge is 0.494 e. The van der Waals surface area contributed by atoms with E-state index >= 15 is 0 Å². The minimum atomic E-state index is -3.44. The zero-order valence-corrected chi connectivity index (χ0v) is 22.2. The molecule has 0 amide bonds. The summed E-state index contributed by atoms with van der Waals surface area (Å²) < 4.78 is 37.9. The zero-order chi connectivity index (χ0) is 24.5. The third kappa shape index (κ3) is 5.14. The Morgan fingerprint density at radius 2 is 2.06 bits per heavy atom. The quantitative estimate of drug-likeness (QED) is 0.140. The molecular formula is C27H35F2IO4. The standard InChI is InChI=1S/C27H35F2IO4/c1-3-33-25(32)27(28,29)16-18(30)5-4-14-34-19-7-9-20-17(15-19)6-8-22-21(20)12-13-26(2)23(22)10-11-24(26)31/h7,9,15,18,21-23H,3-6,8,10-14,16H2,1-2H3/t18?,21-,22-,23+,26+/m1/s1. The molecule has 4 rings (SSSR count). The first-order valence-corrected chi connectivity index (χ1v) is 13.9. The van der Waals surface area contributed by atoms with Crippen LogP contribution in [0.2, 0.25) is 0 Å². The van der Waals surface area contributed by atoms with Crippen molar-refractivity contribution in [3.05, 3.63) is 29.3 Å². The second-order valence-corrected chi connectivity index (χ2v) is 12.2. The molecule has 0 N–H and O–H groups in total. The topological polar surface area (TPSA) is 52.6 Å². The van der Waals surface area contributed by atoms with Crippen LogP contribution in [0.3, 0.4) is 0 Å². The van der Waals surface area contributed by atoms with Crippen molar-refractivity contribution in [2.45, 2.75) is 87.4 Å². The third-order valence-electron chi connectivity index (χ3n) is 8.39. The maximum absolute atomic E-state index is 13.9. The Balaban J connectivity index is 1.28. The van der Waals surface area contributed by atoms with E-state index in [1.165, 1.54) is 18.1 Å². The molecule has 1 aromatic carbocycles. The average molecular weight is 588 g/mol. The summed E-state index contributed by atoms with van der Waals surface area (Å²) >= 11 is 1.98. The van der Waals surface area contributed by atoms with Gasteiger partial charge in [-0.05, 0) is 92.9 Å². The van der Waals surface area contributed by atoms with Crippen molar-refractivity contribution in [2.75, 3.05) is 13.2 Å². The molecule has 0 radical (unpaired) electrons. The number of carbonyl (C=O) groups is 2. The summed E-state index contributed by atoms with van der Waals surface area (Å²) in [6, 6.07) is 6.39. The van der Waals surface area contributed by atoms with E-state index in [-0.39, 0.29) is 15.9 Å². The van der Waals surface area contributed by atoms with Gasteiger partial charge in [0.25, 0.3) is 0 Å². The van der Waals surface area contributed by atoms with Crippen molar-refractivity contribution in [3.63, 3.8) is 0 Å². The second-order valence-electron chi connectivity index (χ2n) is 10.4. The van der Waals surface area contributed by atoms with Crippen molar-refractivity contribution in [1.29, 1.82) is 0 Å². The highest BCUT2D eigenvalue weighted by Crippen LogP contribution is 2.59. The van der Waals surface area contributed by atoms with E-state index in [0.717, 1.165) is 44.3 Å². The molecule has 188 valence electrons. The van der Waals surface area contributed by atoms with Gasteiger partial charge in [-0.25, -0.2) is 4.79 Å². The number of ether oxygens (including phenoxy) is 2. The number of halogens is 3. The predicted molar refractivity (Wildman–Crippen MR) is 135 cm³/mol. The molecule has 7 heteroatoms. The minimum absolute atomic E-state index is 0.0456. The van der Waals surface area contributed by atoms with Gasteiger partial charge < -0.3 is 9.47 Å². The molecule has 0 saturated heterocycles. The Kier molecular flexibility index (Phi) is 7.89. The smallest absolute Gasteiger partial charge is 0.377 e. The zero-order valence-electron chi connectivity index (χ0n) is 20.1. The van der Waals surface area contributed by atoms with Crippen LogP contribution in [-0.2, 0) is 20.7 Å². The fourth-order valence-corrected chi connectivity index (χ4v) is 7.61. The summed E-state index contributed by atoms with van der Waals surface area (Å²) in [4.78, 5) is 23.9. The lowest BCUT2D eigenvalue weighted by molar-refractivity contribution is -0.172. The third-order valence-corrected chi connectivity index (χ3v) is 9.45. The summed E-state index contributed by atoms with van der Waals surface area (Å²) in [6.45, 7) is 4.14. The number of hydrogen-bond acceptors (Lipinski definition) is 4. The average Bonchev–Trinajstić information content (AvgIpc) is 3.10. The Morgan fingerprint density at radius 3 is 2.82 bits per heavy atom. The molecule has 34 heavy (non-hydrogen) atoms. The van der Waals surface area contributed by atoms with Crippen LogP contribution in [-0.4, -0.2) is 34.8 Å². The molecule has 0 aromatic heterocycles. The number of ketones is 1. The molecule has 0 bridgehead atoms. The molecule has 2 saturated carbocycles. The van der Waals surface area contributed by atoms with E-state index in [1.807, 2.05) is 28.7 Å². The van der Waals surface area contributed by atoms with E-state index < -0.39 is 18.3 Å². The number of hydrogen-bond donors (Lipinski definition) is 0. The van der Waals surface area contributed by atoms with Crippen molar-refractivity contribution < 1.29 is 27.8 Å². The maximum Gasteiger partial charge on any atom is 0.377 e. The summed E-state index contributed by atoms with van der Waals surface area (Å²) in [5.41, 5.74) is 2.68. The number of alkyl halides is 3. The summed E-state index contributed by atoms with van der Waals surface area (Å²) in [5, 5.41) is 0. The van der Waals surface area contributed by atoms with Gasteiger partial charge in [0.15, 0.2) is 0 Å². The van der Waals surface area contributed by atoms with Crippen LogP contribution < -0.4 is 4.74 Å². The van der Waals surface area contributed by atoms with Crippen LogP contribution in [0.5, 0.6) is 5.75 Å². The Labute approximate surface area is 214 Å². The van der Waals surface area contributed by atoms with Crippen molar-refractivity contribution >= 4 is 34.3 Å². The molecule has 0 aliphatic heterocycles. The predicted octanol–water partition coefficient (Wildman–Crippen LogP) is 6.66. The minimum Gasteiger partial charge on any atom is -0.494 e. The van der Waals surface area contributed by atoms with Gasteiger partial charge in [-0.1, -0.05) is 35.6 Å². The Hall–Kier alpha value is -1.25. The normalized spacial score (nSPS) is 29.1. The lowest BCUT2D eigenvalue weighted by Crippen LogP contribution is -2.42. The summed E-state index contributed by atoms with van der Waals surface area (Å²) in [6.07, 6.45) is 6.73. The lowest BCUT2D eigenvalue weighted by atomic mass is 9.55. The first-order chi connectivity index (χ1) is 16.2. The number of aryl methyl sites for hydroxylation is 1. The van der Waals surface area contributed by atoms with E-state index in [1.54, 1.807) is 0 Å². The molecule has 1 unspecified atom stereocenters. The molecule has 2 fully saturated rings. The van der Waals surface area contributed by atoms with Crippen molar-refractivity contribution in [2.24, 2.45) is 17.3 Å². The second kappa shape index (κ2) is 10.4. The lowest BCUT2D eigenvalue weighted by Gasteiger charge is -2.48. The Morgan fingerprint density at radius 1 is 1.26 bits per heavy atom. The number of carbonyl (C=O) groups excluding carboxylic acids is 2. The number of fused-ring (bicyclic) bond motifs is 5. The van der Waals surface area contributed by atoms with Crippen molar-refractivity contribution in [1.82, 2.24) is 0 Å². The van der Waals surface area contributed by atoms with Crippen molar-refractivity contribution in [3.8, 4) is 5.75 Å². The number of rotatable bonds is 9. The molecule has 3 aliphatic carbocycles.